The normalized spacial score (nSPS) is 14.7. The van der Waals surface area contributed by atoms with Gasteiger partial charge in [-0.3, -0.25) is 14.2 Å². The number of ether oxygens (including phenoxy) is 2. The Morgan fingerprint density at radius 3 is 2.59 bits per heavy atom. The number of rotatable bonds is 10. The monoisotopic (exact) mass is 555 g/mol. The lowest BCUT2D eigenvalue weighted by Gasteiger charge is -2.24. The highest BCUT2D eigenvalue weighted by Gasteiger charge is 2.18. The van der Waals surface area contributed by atoms with E-state index in [9.17, 15) is 9.59 Å². The van der Waals surface area contributed by atoms with Gasteiger partial charge in [0.05, 0.1) is 30.3 Å². The fourth-order valence-electron chi connectivity index (χ4n) is 4.86. The van der Waals surface area contributed by atoms with E-state index in [1.807, 2.05) is 13.8 Å². The molecule has 1 fully saturated rings. The Bertz CT molecular complexity index is 1340. The number of halogens is 1. The number of nitrogens with zero attached hydrogens (tertiary/aromatic N) is 4. The number of benzene rings is 1. The minimum Gasteiger partial charge on any atom is -0.495 e. The van der Waals surface area contributed by atoms with E-state index in [1.165, 1.54) is 43.8 Å². The first-order valence-electron chi connectivity index (χ1n) is 13.7. The van der Waals surface area contributed by atoms with E-state index in [1.54, 1.807) is 30.5 Å². The molecule has 0 spiro atoms. The highest BCUT2D eigenvalue weighted by Crippen LogP contribution is 2.30. The van der Waals surface area contributed by atoms with E-state index in [-0.39, 0.29) is 29.7 Å². The fraction of sp³-hybridized carbons (Fsp3) is 0.517. The van der Waals surface area contributed by atoms with E-state index in [2.05, 4.69) is 20.2 Å². The summed E-state index contributed by atoms with van der Waals surface area (Å²) in [6, 6.07) is 6.69. The number of hydrogen-bond donors (Lipinski definition) is 1. The summed E-state index contributed by atoms with van der Waals surface area (Å²) < 4.78 is 12.7. The van der Waals surface area contributed by atoms with Crippen molar-refractivity contribution >= 4 is 28.5 Å². The van der Waals surface area contributed by atoms with Gasteiger partial charge in [0.25, 0.3) is 5.56 Å². The van der Waals surface area contributed by atoms with Gasteiger partial charge < -0.3 is 19.7 Å². The molecule has 2 aromatic heterocycles. The zero-order valence-corrected chi connectivity index (χ0v) is 23.8. The van der Waals surface area contributed by atoms with Gasteiger partial charge in [0.2, 0.25) is 5.91 Å². The number of methoxy groups -OCH3 is 1. The van der Waals surface area contributed by atoms with Crippen molar-refractivity contribution in [2.24, 2.45) is 0 Å². The summed E-state index contributed by atoms with van der Waals surface area (Å²) in [5, 5.41) is 3.56. The van der Waals surface area contributed by atoms with E-state index >= 15 is 0 Å². The first kappa shape index (κ1) is 28.8. The third-order valence-corrected chi connectivity index (χ3v) is 7.09. The summed E-state index contributed by atoms with van der Waals surface area (Å²) >= 11 is 6.21. The van der Waals surface area contributed by atoms with Gasteiger partial charge in [-0.15, -0.1) is 0 Å². The number of hydrogen-bond acceptors (Lipinski definition) is 7. The van der Waals surface area contributed by atoms with Gasteiger partial charge in [-0.2, -0.15) is 0 Å². The predicted molar refractivity (Wildman–Crippen MR) is 154 cm³/mol. The second kappa shape index (κ2) is 13.8. The molecule has 3 aromatic rings. The van der Waals surface area contributed by atoms with Crippen molar-refractivity contribution in [2.45, 2.75) is 65.0 Å². The molecule has 0 atom stereocenters. The summed E-state index contributed by atoms with van der Waals surface area (Å²) in [6.07, 6.45) is 8.98. The molecule has 1 aromatic carbocycles. The summed E-state index contributed by atoms with van der Waals surface area (Å²) in [4.78, 5) is 38.0. The molecule has 4 rings (SSSR count). The number of fused-ring (bicyclic) bond motifs is 1. The quantitative estimate of drug-likeness (QED) is 0.363. The van der Waals surface area contributed by atoms with Crippen LogP contribution in [0.5, 0.6) is 11.5 Å². The van der Waals surface area contributed by atoms with Crippen LogP contribution in [0.2, 0.25) is 5.02 Å². The molecular weight excluding hydrogens is 518 g/mol. The molecule has 210 valence electrons. The van der Waals surface area contributed by atoms with Crippen LogP contribution < -0.4 is 20.3 Å². The zero-order valence-electron chi connectivity index (χ0n) is 23.0. The topological polar surface area (TPSA) is 98.6 Å². The number of nitrogens with one attached hydrogen (secondary N) is 1. The van der Waals surface area contributed by atoms with Crippen molar-refractivity contribution in [3.05, 3.63) is 45.8 Å². The number of carbonyl (C=O) groups is 1. The van der Waals surface area contributed by atoms with E-state index in [0.717, 1.165) is 26.1 Å². The second-order valence-electron chi connectivity index (χ2n) is 10.3. The van der Waals surface area contributed by atoms with Crippen molar-refractivity contribution in [3.63, 3.8) is 0 Å². The maximum absolute atomic E-state index is 13.7. The van der Waals surface area contributed by atoms with Crippen LogP contribution in [0.15, 0.2) is 35.3 Å². The minimum atomic E-state index is -0.374. The van der Waals surface area contributed by atoms with Crippen molar-refractivity contribution in [2.75, 3.05) is 33.4 Å². The van der Waals surface area contributed by atoms with Crippen LogP contribution in [0.3, 0.4) is 0 Å². The third-order valence-electron chi connectivity index (χ3n) is 6.78. The van der Waals surface area contributed by atoms with Crippen molar-refractivity contribution < 1.29 is 14.3 Å². The Balaban J connectivity index is 1.58. The van der Waals surface area contributed by atoms with Crippen LogP contribution in [-0.4, -0.2) is 64.7 Å². The van der Waals surface area contributed by atoms with Gasteiger partial charge in [-0.25, -0.2) is 9.97 Å². The summed E-state index contributed by atoms with van der Waals surface area (Å²) in [6.45, 7) is 7.36. The molecule has 3 heterocycles. The second-order valence-corrected chi connectivity index (χ2v) is 10.7. The Labute approximate surface area is 234 Å². The minimum absolute atomic E-state index is 0.0684. The molecule has 0 unspecified atom stereocenters. The molecule has 39 heavy (non-hydrogen) atoms. The number of likely N-dealkylation sites (tertiary alicyclic amines) is 1. The lowest BCUT2D eigenvalue weighted by Crippen LogP contribution is -2.37. The van der Waals surface area contributed by atoms with Crippen molar-refractivity contribution in [3.8, 4) is 22.9 Å². The standard InChI is InChI=1S/C29H38ClN5O4/c1-20(2)32-26(36)19-35-28(21-10-11-24(30)25(16-21)38-3)33-27-23(29(35)37)17-22(18-31-27)39-15-9-14-34-12-7-5-4-6-8-13-34/h10-11,16-18,20H,4-9,12-15,19H2,1-3H3,(H,32,36). The van der Waals surface area contributed by atoms with Crippen molar-refractivity contribution in [1.29, 1.82) is 0 Å². The van der Waals surface area contributed by atoms with Gasteiger partial charge >= 0.3 is 0 Å². The highest BCUT2D eigenvalue weighted by atomic mass is 35.5. The van der Waals surface area contributed by atoms with Crippen LogP contribution in [-0.2, 0) is 11.3 Å². The predicted octanol–water partition coefficient (Wildman–Crippen LogP) is 4.68. The Hall–Kier alpha value is -3.17. The van der Waals surface area contributed by atoms with Crippen LogP contribution in [0.1, 0.15) is 52.4 Å². The molecular formula is C29H38ClN5O4. The average molecular weight is 556 g/mol. The number of aromatic nitrogens is 3. The molecule has 0 aliphatic carbocycles. The smallest absolute Gasteiger partial charge is 0.263 e. The van der Waals surface area contributed by atoms with Crippen LogP contribution in [0.25, 0.3) is 22.4 Å². The van der Waals surface area contributed by atoms with Crippen LogP contribution >= 0.6 is 11.6 Å². The van der Waals surface area contributed by atoms with Crippen LogP contribution in [0.4, 0.5) is 0 Å². The third kappa shape index (κ3) is 7.70. The molecule has 1 aliphatic heterocycles. The molecule has 0 saturated carbocycles. The first-order valence-corrected chi connectivity index (χ1v) is 14.1. The molecule has 0 bridgehead atoms. The summed E-state index contributed by atoms with van der Waals surface area (Å²) in [5.74, 6) is 0.957. The Kier molecular flexibility index (Phi) is 10.2. The molecule has 1 N–H and O–H groups in total. The number of carbonyl (C=O) groups excluding carboxylic acids is 1. The number of amides is 1. The molecule has 10 heteroatoms. The first-order chi connectivity index (χ1) is 18.9. The van der Waals surface area contributed by atoms with Gasteiger partial charge in [0.1, 0.15) is 23.9 Å². The van der Waals surface area contributed by atoms with E-state index < -0.39 is 0 Å². The molecule has 1 aliphatic rings. The van der Waals surface area contributed by atoms with Gasteiger partial charge in [0.15, 0.2) is 5.65 Å². The SMILES string of the molecule is COc1cc(-c2nc3ncc(OCCCN4CCCCCCC4)cc3c(=O)n2CC(=O)NC(C)C)ccc1Cl. The lowest BCUT2D eigenvalue weighted by molar-refractivity contribution is -0.122. The van der Waals surface area contributed by atoms with Gasteiger partial charge in [-0.05, 0) is 70.5 Å². The maximum atomic E-state index is 13.7. The summed E-state index contributed by atoms with van der Waals surface area (Å²) in [5.41, 5.74) is 0.484. The Morgan fingerprint density at radius 2 is 1.87 bits per heavy atom. The molecule has 0 radical (unpaired) electrons. The van der Waals surface area contributed by atoms with E-state index in [4.69, 9.17) is 21.1 Å². The van der Waals surface area contributed by atoms with Crippen molar-refractivity contribution in [1.82, 2.24) is 24.8 Å². The largest absolute Gasteiger partial charge is 0.495 e. The lowest BCUT2D eigenvalue weighted by atomic mass is 10.1. The van der Waals surface area contributed by atoms with E-state index in [0.29, 0.717) is 39.9 Å². The molecule has 1 amide bonds. The maximum Gasteiger partial charge on any atom is 0.263 e. The van der Waals surface area contributed by atoms with Gasteiger partial charge in [-0.1, -0.05) is 30.9 Å². The fourth-order valence-corrected chi connectivity index (χ4v) is 5.05. The zero-order chi connectivity index (χ0) is 27.8. The molecule has 1 saturated heterocycles. The van der Waals surface area contributed by atoms with Crippen LogP contribution in [0, 0.1) is 0 Å². The number of pyridine rings is 1. The molecule has 9 nitrogen and oxygen atoms in total. The average Bonchev–Trinajstić information content (AvgIpc) is 2.89. The highest BCUT2D eigenvalue weighted by molar-refractivity contribution is 6.32. The Morgan fingerprint density at radius 1 is 1.13 bits per heavy atom. The summed E-state index contributed by atoms with van der Waals surface area (Å²) in [7, 11) is 1.51. The van der Waals surface area contributed by atoms with Gasteiger partial charge in [0, 0.05) is 18.2 Å².